The molecule has 2 aromatic heterocycles. The number of ether oxygens (including phenoxy) is 1. The summed E-state index contributed by atoms with van der Waals surface area (Å²) in [5, 5.41) is 12.0. The van der Waals surface area contributed by atoms with Crippen LogP contribution in [0.15, 0.2) is 79.0 Å². The van der Waals surface area contributed by atoms with Crippen LogP contribution < -0.4 is 4.74 Å². The van der Waals surface area contributed by atoms with Gasteiger partial charge in [0.2, 0.25) is 0 Å². The number of Topliss-reactive ketones (excluding diaryl/α,β-unsaturated/α-hetero) is 1. The predicted octanol–water partition coefficient (Wildman–Crippen LogP) is 8.52. The number of nitrogens with zero attached hydrogens (tertiary/aromatic N) is 5. The Labute approximate surface area is 260 Å². The largest absolute Gasteiger partial charge is 0.573 e. The van der Waals surface area contributed by atoms with Crippen LogP contribution in [0.3, 0.4) is 0 Å². The van der Waals surface area contributed by atoms with E-state index in [0.717, 1.165) is 34.0 Å². The standard InChI is InChI=1S/C33H29F6N5O2/c1-19(2)30(45)31(4,5)24-8-6-7-22(16-24)23-11-14-26(43-20(3)15-29(41-43)32(34,35)36)27(17-23)44-28(18-40-42-44)21-9-12-25(13-10-21)46-33(37,38)39/h6-19H,1-5H3. The molecule has 5 rings (SSSR count). The Morgan fingerprint density at radius 2 is 1.46 bits per heavy atom. The van der Waals surface area contributed by atoms with Crippen LogP contribution in [0.4, 0.5) is 26.3 Å². The maximum atomic E-state index is 13.6. The minimum atomic E-state index is -4.87. The molecule has 240 valence electrons. The lowest BCUT2D eigenvalue weighted by atomic mass is 9.76. The fraction of sp³-hybridized carbons (Fsp3) is 0.273. The van der Waals surface area contributed by atoms with Gasteiger partial charge in [-0.1, -0.05) is 49.4 Å². The van der Waals surface area contributed by atoms with Crippen molar-refractivity contribution in [2.75, 3.05) is 0 Å². The highest BCUT2D eigenvalue weighted by molar-refractivity contribution is 5.91. The third kappa shape index (κ3) is 6.53. The minimum absolute atomic E-state index is 0.0641. The van der Waals surface area contributed by atoms with Crippen molar-refractivity contribution >= 4 is 5.78 Å². The molecular weight excluding hydrogens is 612 g/mol. The van der Waals surface area contributed by atoms with E-state index in [0.29, 0.717) is 22.5 Å². The molecule has 2 heterocycles. The van der Waals surface area contributed by atoms with Crippen LogP contribution in [0.5, 0.6) is 5.75 Å². The fourth-order valence-corrected chi connectivity index (χ4v) is 5.30. The number of hydrogen-bond acceptors (Lipinski definition) is 5. The first-order chi connectivity index (χ1) is 21.5. The molecule has 0 aliphatic heterocycles. The monoisotopic (exact) mass is 641 g/mol. The van der Waals surface area contributed by atoms with Crippen LogP contribution in [0.25, 0.3) is 33.8 Å². The Bertz CT molecular complexity index is 1890. The number of aromatic nitrogens is 5. The molecule has 0 spiro atoms. The topological polar surface area (TPSA) is 74.8 Å². The molecule has 7 nitrogen and oxygen atoms in total. The molecule has 0 bridgehead atoms. The highest BCUT2D eigenvalue weighted by atomic mass is 19.4. The Hall–Kier alpha value is -4.94. The van der Waals surface area contributed by atoms with E-state index in [9.17, 15) is 31.1 Å². The van der Waals surface area contributed by atoms with Crippen LogP contribution in [0, 0.1) is 12.8 Å². The lowest BCUT2D eigenvalue weighted by Crippen LogP contribution is -2.32. The van der Waals surface area contributed by atoms with Crippen molar-refractivity contribution in [2.24, 2.45) is 5.92 Å². The van der Waals surface area contributed by atoms with Gasteiger partial charge in [0.25, 0.3) is 0 Å². The van der Waals surface area contributed by atoms with Gasteiger partial charge in [-0.15, -0.1) is 18.3 Å². The van der Waals surface area contributed by atoms with Crippen molar-refractivity contribution in [2.45, 2.75) is 52.6 Å². The van der Waals surface area contributed by atoms with E-state index in [-0.39, 0.29) is 23.1 Å². The average molecular weight is 642 g/mol. The molecule has 0 atom stereocenters. The van der Waals surface area contributed by atoms with E-state index in [1.165, 1.54) is 29.9 Å². The Balaban J connectivity index is 1.67. The smallest absolute Gasteiger partial charge is 0.406 e. The third-order valence-electron chi connectivity index (χ3n) is 7.60. The molecule has 0 radical (unpaired) electrons. The molecule has 0 unspecified atom stereocenters. The van der Waals surface area contributed by atoms with Gasteiger partial charge in [0.15, 0.2) is 5.69 Å². The lowest BCUT2D eigenvalue weighted by molar-refractivity contribution is -0.274. The van der Waals surface area contributed by atoms with E-state index >= 15 is 0 Å². The Morgan fingerprint density at radius 3 is 2.07 bits per heavy atom. The summed E-state index contributed by atoms with van der Waals surface area (Å²) in [5.74, 6) is -0.555. The molecule has 0 aliphatic rings. The second kappa shape index (κ2) is 11.8. The molecule has 0 saturated heterocycles. The normalized spacial score (nSPS) is 12.5. The summed E-state index contributed by atoms with van der Waals surface area (Å²) in [6.07, 6.45) is -8.17. The van der Waals surface area contributed by atoms with Crippen LogP contribution in [0.1, 0.15) is 44.6 Å². The number of carbonyl (C=O) groups is 1. The number of benzene rings is 3. The molecule has 46 heavy (non-hydrogen) atoms. The summed E-state index contributed by atoms with van der Waals surface area (Å²) in [6, 6.07) is 18.4. The van der Waals surface area contributed by atoms with Crippen LogP contribution in [-0.4, -0.2) is 36.9 Å². The van der Waals surface area contributed by atoms with Crippen molar-refractivity contribution in [1.29, 1.82) is 0 Å². The van der Waals surface area contributed by atoms with Gasteiger partial charge in [0.1, 0.15) is 11.5 Å². The summed E-state index contributed by atoms with van der Waals surface area (Å²) >= 11 is 0. The van der Waals surface area contributed by atoms with E-state index in [1.807, 2.05) is 52.0 Å². The third-order valence-corrected chi connectivity index (χ3v) is 7.60. The van der Waals surface area contributed by atoms with Gasteiger partial charge in [0.05, 0.1) is 23.3 Å². The SMILES string of the molecule is Cc1cc(C(F)(F)F)nn1-c1ccc(-c2cccc(C(C)(C)C(=O)C(C)C)c2)cc1-n1nncc1-c1ccc(OC(F)(F)F)cc1. The molecule has 0 fully saturated rings. The van der Waals surface area contributed by atoms with Gasteiger partial charge < -0.3 is 4.74 Å². The molecular formula is C33H29F6N5O2. The molecule has 0 N–H and O–H groups in total. The highest BCUT2D eigenvalue weighted by Crippen LogP contribution is 2.36. The fourth-order valence-electron chi connectivity index (χ4n) is 5.30. The quantitative estimate of drug-likeness (QED) is 0.159. The van der Waals surface area contributed by atoms with Gasteiger partial charge in [-0.2, -0.15) is 18.3 Å². The number of halogens is 6. The Kier molecular flexibility index (Phi) is 8.30. The number of ketones is 1. The zero-order chi connectivity index (χ0) is 33.6. The number of alkyl halides is 6. The van der Waals surface area contributed by atoms with Crippen LogP contribution in [-0.2, 0) is 16.4 Å². The van der Waals surface area contributed by atoms with E-state index in [4.69, 9.17) is 0 Å². The summed E-state index contributed by atoms with van der Waals surface area (Å²) in [4.78, 5) is 13.0. The number of rotatable bonds is 8. The summed E-state index contributed by atoms with van der Waals surface area (Å²) in [7, 11) is 0. The molecule has 5 aromatic rings. The second-order valence-corrected chi connectivity index (χ2v) is 11.6. The van der Waals surface area contributed by atoms with E-state index < -0.39 is 29.4 Å². The number of aryl methyl sites for hydroxylation is 1. The maximum Gasteiger partial charge on any atom is 0.573 e. The summed E-state index contributed by atoms with van der Waals surface area (Å²) < 4.78 is 85.5. The molecule has 0 amide bonds. The van der Waals surface area contributed by atoms with Crippen molar-refractivity contribution in [3.63, 3.8) is 0 Å². The first-order valence-corrected chi connectivity index (χ1v) is 14.2. The van der Waals surface area contributed by atoms with E-state index in [1.54, 1.807) is 18.2 Å². The summed E-state index contributed by atoms with van der Waals surface area (Å²) in [6.45, 7) is 8.88. The summed E-state index contributed by atoms with van der Waals surface area (Å²) in [5.41, 5.74) is 1.81. The minimum Gasteiger partial charge on any atom is -0.406 e. The van der Waals surface area contributed by atoms with Crippen LogP contribution >= 0.6 is 0 Å². The molecule has 3 aromatic carbocycles. The van der Waals surface area contributed by atoms with Gasteiger partial charge >= 0.3 is 12.5 Å². The molecule has 0 saturated carbocycles. The average Bonchev–Trinajstić information content (AvgIpc) is 3.63. The predicted molar refractivity (Wildman–Crippen MR) is 159 cm³/mol. The van der Waals surface area contributed by atoms with Gasteiger partial charge in [-0.25, -0.2) is 9.36 Å². The van der Waals surface area contributed by atoms with E-state index in [2.05, 4.69) is 20.1 Å². The first kappa shape index (κ1) is 32.5. The van der Waals surface area contributed by atoms with Crippen molar-refractivity contribution in [1.82, 2.24) is 24.8 Å². The van der Waals surface area contributed by atoms with Crippen LogP contribution in [0.2, 0.25) is 0 Å². The lowest BCUT2D eigenvalue weighted by Gasteiger charge is -2.26. The zero-order valence-electron chi connectivity index (χ0n) is 25.4. The number of hydrogen-bond donors (Lipinski definition) is 0. The van der Waals surface area contributed by atoms with Gasteiger partial charge in [0, 0.05) is 22.6 Å². The highest BCUT2D eigenvalue weighted by Gasteiger charge is 2.35. The van der Waals surface area contributed by atoms with Gasteiger partial charge in [-0.05, 0) is 79.9 Å². The van der Waals surface area contributed by atoms with Crippen molar-refractivity contribution < 1.29 is 35.9 Å². The molecule has 0 aliphatic carbocycles. The number of carbonyl (C=O) groups excluding carboxylic acids is 1. The maximum absolute atomic E-state index is 13.6. The second-order valence-electron chi connectivity index (χ2n) is 11.6. The van der Waals surface area contributed by atoms with Crippen molar-refractivity contribution in [3.8, 4) is 39.5 Å². The Morgan fingerprint density at radius 1 is 0.804 bits per heavy atom. The van der Waals surface area contributed by atoms with Gasteiger partial charge in [-0.3, -0.25) is 4.79 Å². The first-order valence-electron chi connectivity index (χ1n) is 14.2. The van der Waals surface area contributed by atoms with Crippen molar-refractivity contribution in [3.05, 3.63) is 95.9 Å². The zero-order valence-corrected chi connectivity index (χ0v) is 25.4. The molecule has 13 heteroatoms.